The van der Waals surface area contributed by atoms with Gasteiger partial charge < -0.3 is 9.80 Å². The first kappa shape index (κ1) is 19.2. The lowest BCUT2D eigenvalue weighted by molar-refractivity contribution is -0.135. The van der Waals surface area contributed by atoms with Crippen molar-refractivity contribution in [3.05, 3.63) is 35.1 Å². The molecule has 0 spiro atoms. The predicted molar refractivity (Wildman–Crippen MR) is 94.4 cm³/mol. The summed E-state index contributed by atoms with van der Waals surface area (Å²) in [6.45, 7) is 1.84. The minimum absolute atomic E-state index is 0.0117. The summed E-state index contributed by atoms with van der Waals surface area (Å²) in [6.07, 6.45) is 2.47. The maximum Gasteiger partial charge on any atom is 0.225 e. The molecule has 2 amide bonds. The molecule has 1 aliphatic carbocycles. The normalized spacial score (nSPS) is 25.1. The number of amides is 2. The van der Waals surface area contributed by atoms with E-state index in [1.54, 1.807) is 4.90 Å². The van der Waals surface area contributed by atoms with Gasteiger partial charge in [-0.05, 0) is 37.3 Å². The standard InChI is InChI=1S/C20H23F3N3O2/c21-15-8-17(23)16(22)6-13(15)5-14(24)7-19(27)26-4-3-12-9-25(10-18(12)26)20(28)11-1-2-11/h6,8,11-12,14,18,24H,1-5,7,9-10H2/t12-,14+,18+/m0/s1. The molecule has 3 fully saturated rings. The Bertz CT molecular complexity index is 799. The fourth-order valence-electron chi connectivity index (χ4n) is 4.43. The summed E-state index contributed by atoms with van der Waals surface area (Å²) in [5.74, 6) is -2.91. The molecule has 0 bridgehead atoms. The quantitative estimate of drug-likeness (QED) is 0.719. The molecule has 1 aromatic rings. The van der Waals surface area contributed by atoms with Crippen LogP contribution >= 0.6 is 0 Å². The van der Waals surface area contributed by atoms with Gasteiger partial charge in [0, 0.05) is 50.0 Å². The number of benzene rings is 1. The smallest absolute Gasteiger partial charge is 0.225 e. The Labute approximate surface area is 161 Å². The maximum absolute atomic E-state index is 13.8. The number of hydrogen-bond acceptors (Lipinski definition) is 2. The van der Waals surface area contributed by atoms with Crippen molar-refractivity contribution in [2.45, 2.75) is 44.2 Å². The first-order valence-corrected chi connectivity index (χ1v) is 9.76. The SMILES string of the molecule is [NH][C@@H](CC(=O)N1CC[C@H]2CN(C(=O)C3CC3)C[C@H]21)Cc1cc(F)c(F)cc1F. The topological polar surface area (TPSA) is 64.4 Å². The van der Waals surface area contributed by atoms with Gasteiger partial charge in [0.15, 0.2) is 11.6 Å². The van der Waals surface area contributed by atoms with Gasteiger partial charge in [-0.25, -0.2) is 13.2 Å². The maximum atomic E-state index is 13.8. The monoisotopic (exact) mass is 394 g/mol. The van der Waals surface area contributed by atoms with Gasteiger partial charge in [0.2, 0.25) is 11.8 Å². The van der Waals surface area contributed by atoms with Gasteiger partial charge in [0.1, 0.15) is 5.82 Å². The van der Waals surface area contributed by atoms with Crippen LogP contribution in [-0.4, -0.2) is 53.3 Å². The third-order valence-electron chi connectivity index (χ3n) is 6.08. The summed E-state index contributed by atoms with van der Waals surface area (Å²) in [6, 6.07) is 0.258. The number of hydrogen-bond donors (Lipinski definition) is 0. The number of carbonyl (C=O) groups excluding carboxylic acids is 2. The van der Waals surface area contributed by atoms with Crippen LogP contribution in [0.1, 0.15) is 31.2 Å². The Morgan fingerprint density at radius 3 is 2.50 bits per heavy atom. The third kappa shape index (κ3) is 3.74. The highest BCUT2D eigenvalue weighted by Crippen LogP contribution is 2.37. The van der Waals surface area contributed by atoms with E-state index in [1.165, 1.54) is 0 Å². The molecule has 151 valence electrons. The number of carbonyl (C=O) groups is 2. The Kier molecular flexibility index (Phi) is 5.07. The van der Waals surface area contributed by atoms with Crippen LogP contribution in [0, 0.1) is 29.3 Å². The molecule has 0 aromatic heterocycles. The van der Waals surface area contributed by atoms with E-state index in [0.717, 1.165) is 25.3 Å². The van der Waals surface area contributed by atoms with Gasteiger partial charge in [-0.1, -0.05) is 0 Å². The molecule has 2 aliphatic heterocycles. The van der Waals surface area contributed by atoms with Crippen LogP contribution in [-0.2, 0) is 16.0 Å². The van der Waals surface area contributed by atoms with Crippen molar-refractivity contribution >= 4 is 11.8 Å². The summed E-state index contributed by atoms with van der Waals surface area (Å²) >= 11 is 0. The number of fused-ring (bicyclic) bond motifs is 1. The predicted octanol–water partition coefficient (Wildman–Crippen LogP) is 2.16. The Morgan fingerprint density at radius 1 is 1.07 bits per heavy atom. The van der Waals surface area contributed by atoms with Crippen LogP contribution < -0.4 is 5.73 Å². The van der Waals surface area contributed by atoms with Crippen molar-refractivity contribution in [3.63, 3.8) is 0 Å². The van der Waals surface area contributed by atoms with E-state index in [1.807, 2.05) is 4.90 Å². The number of nitrogens with one attached hydrogen (secondary N) is 1. The van der Waals surface area contributed by atoms with Gasteiger partial charge in [-0.2, -0.15) is 0 Å². The summed E-state index contributed by atoms with van der Waals surface area (Å²) in [5, 5.41) is 0. The summed E-state index contributed by atoms with van der Waals surface area (Å²) < 4.78 is 40.1. The van der Waals surface area contributed by atoms with E-state index in [0.29, 0.717) is 25.7 Å². The molecule has 2 saturated heterocycles. The second kappa shape index (κ2) is 7.39. The molecule has 0 unspecified atom stereocenters. The molecule has 2 heterocycles. The molecule has 1 radical (unpaired) electrons. The van der Waals surface area contributed by atoms with E-state index < -0.39 is 23.5 Å². The van der Waals surface area contributed by atoms with E-state index >= 15 is 0 Å². The number of likely N-dealkylation sites (tertiary alicyclic amines) is 2. The number of halogens is 3. The van der Waals surface area contributed by atoms with Gasteiger partial charge in [-0.15, -0.1) is 0 Å². The van der Waals surface area contributed by atoms with Gasteiger partial charge in [0.05, 0.1) is 6.04 Å². The minimum Gasteiger partial charge on any atom is -0.340 e. The summed E-state index contributed by atoms with van der Waals surface area (Å²) in [7, 11) is 0. The molecule has 3 aliphatic rings. The average molecular weight is 394 g/mol. The zero-order valence-electron chi connectivity index (χ0n) is 15.5. The van der Waals surface area contributed by atoms with Gasteiger partial charge >= 0.3 is 0 Å². The first-order valence-electron chi connectivity index (χ1n) is 9.76. The fraction of sp³-hybridized carbons (Fsp3) is 0.600. The van der Waals surface area contributed by atoms with Crippen LogP contribution in [0.4, 0.5) is 13.2 Å². The van der Waals surface area contributed by atoms with Crippen LogP contribution in [0.2, 0.25) is 0 Å². The zero-order chi connectivity index (χ0) is 20.0. The molecule has 5 nitrogen and oxygen atoms in total. The highest BCUT2D eigenvalue weighted by atomic mass is 19.2. The van der Waals surface area contributed by atoms with Crippen molar-refractivity contribution in [3.8, 4) is 0 Å². The highest BCUT2D eigenvalue weighted by Gasteiger charge is 2.46. The van der Waals surface area contributed by atoms with Gasteiger partial charge in [-0.3, -0.25) is 15.3 Å². The molecule has 4 rings (SSSR count). The second-order valence-electron chi connectivity index (χ2n) is 8.18. The van der Waals surface area contributed by atoms with Crippen LogP contribution in [0.15, 0.2) is 12.1 Å². The van der Waals surface area contributed by atoms with E-state index in [4.69, 9.17) is 5.73 Å². The first-order chi connectivity index (χ1) is 13.3. The van der Waals surface area contributed by atoms with Crippen LogP contribution in [0.5, 0.6) is 0 Å². The molecule has 1 aromatic carbocycles. The minimum atomic E-state index is -1.27. The van der Waals surface area contributed by atoms with Crippen LogP contribution in [0.3, 0.4) is 0 Å². The number of rotatable bonds is 5. The zero-order valence-corrected chi connectivity index (χ0v) is 15.5. The molecular weight excluding hydrogens is 371 g/mol. The molecule has 8 heteroatoms. The summed E-state index contributed by atoms with van der Waals surface area (Å²) in [4.78, 5) is 28.6. The van der Waals surface area contributed by atoms with E-state index in [2.05, 4.69) is 0 Å². The second-order valence-corrected chi connectivity index (χ2v) is 8.18. The van der Waals surface area contributed by atoms with E-state index in [-0.39, 0.29) is 48.1 Å². The van der Waals surface area contributed by atoms with Gasteiger partial charge in [0.25, 0.3) is 0 Å². The summed E-state index contributed by atoms with van der Waals surface area (Å²) in [5.41, 5.74) is 7.99. The lowest BCUT2D eigenvalue weighted by Gasteiger charge is -2.26. The molecule has 1 saturated carbocycles. The van der Waals surface area contributed by atoms with Crippen molar-refractivity contribution in [2.24, 2.45) is 11.8 Å². The lowest BCUT2D eigenvalue weighted by atomic mass is 10.0. The fourth-order valence-corrected chi connectivity index (χ4v) is 4.43. The van der Waals surface area contributed by atoms with Crippen molar-refractivity contribution in [1.82, 2.24) is 15.5 Å². The lowest BCUT2D eigenvalue weighted by Crippen LogP contribution is -2.42. The Hall–Kier alpha value is -2.09. The Balaban J connectivity index is 1.34. The van der Waals surface area contributed by atoms with Crippen molar-refractivity contribution in [1.29, 1.82) is 0 Å². The van der Waals surface area contributed by atoms with Crippen molar-refractivity contribution in [2.75, 3.05) is 19.6 Å². The third-order valence-corrected chi connectivity index (χ3v) is 6.08. The molecule has 3 atom stereocenters. The highest BCUT2D eigenvalue weighted by molar-refractivity contribution is 5.82. The molecule has 1 N–H and O–H groups in total. The number of nitrogens with zero attached hydrogens (tertiary/aromatic N) is 2. The van der Waals surface area contributed by atoms with E-state index in [9.17, 15) is 22.8 Å². The van der Waals surface area contributed by atoms with Crippen molar-refractivity contribution < 1.29 is 22.8 Å². The molecular formula is C20H23F3N3O2. The average Bonchev–Trinajstić information content (AvgIpc) is 3.27. The molecule has 28 heavy (non-hydrogen) atoms. The largest absolute Gasteiger partial charge is 0.340 e. The van der Waals surface area contributed by atoms with Crippen LogP contribution in [0.25, 0.3) is 0 Å². The Morgan fingerprint density at radius 2 is 1.79 bits per heavy atom.